The molecule has 2 amide bonds. The van der Waals surface area contributed by atoms with Crippen LogP contribution in [-0.2, 0) is 4.79 Å². The number of carbonyl (C=O) groups excluding carboxylic acids is 2. The van der Waals surface area contributed by atoms with Crippen LogP contribution in [0.25, 0.3) is 6.08 Å². The molecule has 0 unspecified atom stereocenters. The van der Waals surface area contributed by atoms with Gasteiger partial charge in [-0.1, -0.05) is 24.3 Å². The van der Waals surface area contributed by atoms with Crippen LogP contribution >= 0.6 is 0 Å². The number of nitrogens with zero attached hydrogens (tertiary/aromatic N) is 1. The van der Waals surface area contributed by atoms with Gasteiger partial charge in [-0.3, -0.25) is 9.59 Å². The lowest BCUT2D eigenvalue weighted by molar-refractivity contribution is -0.111. The predicted molar refractivity (Wildman–Crippen MR) is 107 cm³/mol. The van der Waals surface area contributed by atoms with Crippen LogP contribution in [0, 0.1) is 6.92 Å². The third kappa shape index (κ3) is 5.19. The Kier molecular flexibility index (Phi) is 6.59. The normalized spacial score (nSPS) is 13.9. The number of anilines is 1. The molecule has 1 N–H and O–H groups in total. The maximum atomic E-state index is 12.7. The van der Waals surface area contributed by atoms with E-state index in [1.54, 1.807) is 43.3 Å². The van der Waals surface area contributed by atoms with Gasteiger partial charge < -0.3 is 15.0 Å². The third-order valence-corrected chi connectivity index (χ3v) is 4.76. The quantitative estimate of drug-likeness (QED) is 0.727. The lowest BCUT2D eigenvalue weighted by Crippen LogP contribution is -2.28. The van der Waals surface area contributed by atoms with Gasteiger partial charge in [0.15, 0.2) is 0 Å². The van der Waals surface area contributed by atoms with Gasteiger partial charge in [0, 0.05) is 36.0 Å². The van der Waals surface area contributed by atoms with Crippen LogP contribution in [0.5, 0.6) is 5.75 Å². The van der Waals surface area contributed by atoms with Crippen LogP contribution in [0.3, 0.4) is 0 Å². The molecule has 1 aliphatic heterocycles. The van der Waals surface area contributed by atoms with Gasteiger partial charge in [-0.05, 0) is 49.6 Å². The maximum absolute atomic E-state index is 12.7. The van der Waals surface area contributed by atoms with E-state index in [1.807, 2.05) is 4.90 Å². The number of benzene rings is 2. The molecular formula is C22H22F2N2O3. The topological polar surface area (TPSA) is 58.6 Å². The number of carbonyl (C=O) groups is 2. The Labute approximate surface area is 168 Å². The number of para-hydroxylation sites is 1. The van der Waals surface area contributed by atoms with Crippen molar-refractivity contribution in [1.29, 1.82) is 0 Å². The van der Waals surface area contributed by atoms with E-state index < -0.39 is 12.5 Å². The lowest BCUT2D eigenvalue weighted by Gasteiger charge is -2.18. The largest absolute Gasteiger partial charge is 0.434 e. The molecule has 0 aromatic heterocycles. The highest BCUT2D eigenvalue weighted by molar-refractivity contribution is 6.04. The van der Waals surface area contributed by atoms with Crippen LogP contribution < -0.4 is 10.1 Å². The number of likely N-dealkylation sites (tertiary alicyclic amines) is 1. The van der Waals surface area contributed by atoms with Crippen LogP contribution in [0.4, 0.5) is 14.5 Å². The summed E-state index contributed by atoms with van der Waals surface area (Å²) in [5, 5.41) is 2.74. The minimum atomic E-state index is -2.95. The zero-order valence-corrected chi connectivity index (χ0v) is 16.0. The Hall–Kier alpha value is -3.22. The molecule has 152 valence electrons. The van der Waals surface area contributed by atoms with Gasteiger partial charge in [0.05, 0.1) is 0 Å². The molecule has 0 spiro atoms. The SMILES string of the molecule is Cc1c(NC(=O)/C=C/c2ccccc2OC(F)F)cccc1C(=O)N1CCCC1. The fourth-order valence-corrected chi connectivity index (χ4v) is 3.25. The maximum Gasteiger partial charge on any atom is 0.387 e. The van der Waals surface area contributed by atoms with Crippen LogP contribution in [0.1, 0.15) is 34.3 Å². The van der Waals surface area contributed by atoms with Crippen LogP contribution in [-0.4, -0.2) is 36.4 Å². The second-order valence-corrected chi connectivity index (χ2v) is 6.72. The van der Waals surface area contributed by atoms with Gasteiger partial charge in [0.25, 0.3) is 5.91 Å². The molecule has 1 aliphatic rings. The molecule has 1 heterocycles. The number of hydrogen-bond donors (Lipinski definition) is 1. The molecule has 0 radical (unpaired) electrons. The van der Waals surface area contributed by atoms with E-state index in [2.05, 4.69) is 10.1 Å². The predicted octanol–water partition coefficient (Wildman–Crippen LogP) is 4.48. The molecule has 0 saturated carbocycles. The van der Waals surface area contributed by atoms with E-state index in [1.165, 1.54) is 18.2 Å². The van der Waals surface area contributed by atoms with Crippen LogP contribution in [0.2, 0.25) is 0 Å². The summed E-state index contributed by atoms with van der Waals surface area (Å²) < 4.78 is 29.4. The summed E-state index contributed by atoms with van der Waals surface area (Å²) in [7, 11) is 0. The molecule has 29 heavy (non-hydrogen) atoms. The highest BCUT2D eigenvalue weighted by Gasteiger charge is 2.21. The summed E-state index contributed by atoms with van der Waals surface area (Å²) in [5.74, 6) is -0.489. The summed E-state index contributed by atoms with van der Waals surface area (Å²) in [6, 6.07) is 11.4. The third-order valence-electron chi connectivity index (χ3n) is 4.76. The van der Waals surface area contributed by atoms with E-state index in [-0.39, 0.29) is 11.7 Å². The number of rotatable bonds is 6. The van der Waals surface area contributed by atoms with E-state index in [4.69, 9.17) is 0 Å². The van der Waals surface area contributed by atoms with Gasteiger partial charge in [-0.25, -0.2) is 0 Å². The number of ether oxygens (including phenoxy) is 1. The first-order valence-electron chi connectivity index (χ1n) is 9.37. The van der Waals surface area contributed by atoms with E-state index in [0.717, 1.165) is 25.9 Å². The van der Waals surface area contributed by atoms with Crippen molar-refractivity contribution in [3.8, 4) is 5.75 Å². The van der Waals surface area contributed by atoms with E-state index in [0.29, 0.717) is 22.4 Å². The van der Waals surface area contributed by atoms with Gasteiger partial charge >= 0.3 is 6.61 Å². The van der Waals surface area contributed by atoms with Crippen molar-refractivity contribution < 1.29 is 23.1 Å². The zero-order valence-electron chi connectivity index (χ0n) is 16.0. The smallest absolute Gasteiger partial charge is 0.387 e. The van der Waals surface area contributed by atoms with Crippen LogP contribution in [0.15, 0.2) is 48.5 Å². The number of alkyl halides is 2. The van der Waals surface area contributed by atoms with Crippen molar-refractivity contribution in [1.82, 2.24) is 4.90 Å². The van der Waals surface area contributed by atoms with Crippen molar-refractivity contribution in [2.24, 2.45) is 0 Å². The van der Waals surface area contributed by atoms with Gasteiger partial charge in [0.2, 0.25) is 5.91 Å². The van der Waals surface area contributed by atoms with Crippen molar-refractivity contribution in [3.05, 3.63) is 65.2 Å². The molecule has 2 aromatic rings. The fourth-order valence-electron chi connectivity index (χ4n) is 3.25. The first-order valence-corrected chi connectivity index (χ1v) is 9.37. The summed E-state index contributed by atoms with van der Waals surface area (Å²) in [6.45, 7) is 0.334. The highest BCUT2D eigenvalue weighted by atomic mass is 19.3. The number of nitrogens with one attached hydrogen (secondary N) is 1. The molecule has 3 rings (SSSR count). The Morgan fingerprint density at radius 2 is 1.83 bits per heavy atom. The standard InChI is InChI=1S/C22H22F2N2O3/c1-15-17(21(28)26-13-4-5-14-26)8-6-9-18(15)25-20(27)12-11-16-7-2-3-10-19(16)29-22(23)24/h2-3,6-12,22H,4-5,13-14H2,1H3,(H,25,27)/b12-11+. The summed E-state index contributed by atoms with van der Waals surface area (Å²) in [6.07, 6.45) is 4.65. The summed E-state index contributed by atoms with van der Waals surface area (Å²) in [4.78, 5) is 26.8. The van der Waals surface area contributed by atoms with Crippen molar-refractivity contribution in [2.75, 3.05) is 18.4 Å². The monoisotopic (exact) mass is 400 g/mol. The molecule has 0 bridgehead atoms. The molecule has 0 aliphatic carbocycles. The molecule has 5 nitrogen and oxygen atoms in total. The van der Waals surface area contributed by atoms with E-state index >= 15 is 0 Å². The van der Waals surface area contributed by atoms with E-state index in [9.17, 15) is 18.4 Å². The Morgan fingerprint density at radius 3 is 2.55 bits per heavy atom. The minimum Gasteiger partial charge on any atom is -0.434 e. The lowest BCUT2D eigenvalue weighted by atomic mass is 10.1. The van der Waals surface area contributed by atoms with Crippen molar-refractivity contribution >= 4 is 23.6 Å². The second kappa shape index (κ2) is 9.32. The first kappa shape index (κ1) is 20.5. The molecule has 1 saturated heterocycles. The Balaban J connectivity index is 1.72. The first-order chi connectivity index (χ1) is 14.0. The Bertz CT molecular complexity index is 922. The average molecular weight is 400 g/mol. The number of hydrogen-bond acceptors (Lipinski definition) is 3. The van der Waals surface area contributed by atoms with Crippen molar-refractivity contribution in [3.63, 3.8) is 0 Å². The van der Waals surface area contributed by atoms with Crippen molar-refractivity contribution in [2.45, 2.75) is 26.4 Å². The molecule has 7 heteroatoms. The van der Waals surface area contributed by atoms with Gasteiger partial charge in [-0.15, -0.1) is 0 Å². The van der Waals surface area contributed by atoms with Gasteiger partial charge in [0.1, 0.15) is 5.75 Å². The average Bonchev–Trinajstić information content (AvgIpc) is 3.23. The second-order valence-electron chi connectivity index (χ2n) is 6.72. The molecule has 2 aromatic carbocycles. The molecular weight excluding hydrogens is 378 g/mol. The fraction of sp³-hybridized carbons (Fsp3) is 0.273. The summed E-state index contributed by atoms with van der Waals surface area (Å²) in [5.41, 5.74) is 2.14. The summed E-state index contributed by atoms with van der Waals surface area (Å²) >= 11 is 0. The number of halogens is 2. The Morgan fingerprint density at radius 1 is 1.10 bits per heavy atom. The zero-order chi connectivity index (χ0) is 20.8. The minimum absolute atomic E-state index is 0.0130. The molecule has 1 fully saturated rings. The molecule has 0 atom stereocenters. The highest BCUT2D eigenvalue weighted by Crippen LogP contribution is 2.23. The van der Waals surface area contributed by atoms with Gasteiger partial charge in [-0.2, -0.15) is 8.78 Å². The number of amides is 2.